The predicted molar refractivity (Wildman–Crippen MR) is 57.6 cm³/mol. The van der Waals surface area contributed by atoms with Crippen LogP contribution in [0.3, 0.4) is 0 Å². The second-order valence-electron chi connectivity index (χ2n) is 3.02. The van der Waals surface area contributed by atoms with Gasteiger partial charge in [0, 0.05) is 18.1 Å². The van der Waals surface area contributed by atoms with Crippen molar-refractivity contribution in [3.63, 3.8) is 0 Å². The first-order valence-corrected chi connectivity index (χ1v) is 4.10. The Morgan fingerprint density at radius 2 is 1.85 bits per heavy atom. The van der Waals surface area contributed by atoms with Crippen molar-refractivity contribution in [2.45, 2.75) is 20.8 Å². The molecule has 3 heteroatoms. The highest BCUT2D eigenvalue weighted by atomic mass is 15.0. The molecule has 1 heterocycles. The Morgan fingerprint density at radius 1 is 1.23 bits per heavy atom. The maximum atomic E-state index is 4.30. The Labute approximate surface area is 78.3 Å². The van der Waals surface area contributed by atoms with Gasteiger partial charge in [0.2, 0.25) is 0 Å². The molecule has 0 aliphatic carbocycles. The van der Waals surface area contributed by atoms with Crippen LogP contribution in [-0.2, 0) is 0 Å². The van der Waals surface area contributed by atoms with Crippen molar-refractivity contribution in [1.29, 1.82) is 0 Å². The molecule has 0 saturated heterocycles. The molecule has 0 aromatic rings. The minimum absolute atomic E-state index is 0.598. The van der Waals surface area contributed by atoms with Crippen molar-refractivity contribution in [2.75, 3.05) is 0 Å². The summed E-state index contributed by atoms with van der Waals surface area (Å²) in [5, 5.41) is 0. The van der Waals surface area contributed by atoms with E-state index in [-0.39, 0.29) is 0 Å². The van der Waals surface area contributed by atoms with Crippen molar-refractivity contribution >= 4 is 18.3 Å². The summed E-state index contributed by atoms with van der Waals surface area (Å²) < 4.78 is 0. The Bertz CT molecular complexity index is 339. The van der Waals surface area contributed by atoms with Crippen LogP contribution in [0.25, 0.3) is 0 Å². The summed E-state index contributed by atoms with van der Waals surface area (Å²) in [5.74, 6) is 0.598. The van der Waals surface area contributed by atoms with Gasteiger partial charge >= 0.3 is 0 Å². The molecule has 1 rings (SSSR count). The summed E-state index contributed by atoms with van der Waals surface area (Å²) in [5.41, 5.74) is 2.75. The summed E-state index contributed by atoms with van der Waals surface area (Å²) in [6.07, 6.45) is 3.23. The van der Waals surface area contributed by atoms with Gasteiger partial charge in [0.15, 0.2) is 5.84 Å². The average Bonchev–Trinajstić information content (AvgIpc) is 2.08. The first-order valence-electron chi connectivity index (χ1n) is 4.10. The van der Waals surface area contributed by atoms with Crippen molar-refractivity contribution in [3.05, 3.63) is 23.5 Å². The topological polar surface area (TPSA) is 37.1 Å². The average molecular weight is 175 g/mol. The van der Waals surface area contributed by atoms with E-state index in [4.69, 9.17) is 0 Å². The van der Waals surface area contributed by atoms with E-state index in [1.807, 2.05) is 20.8 Å². The summed E-state index contributed by atoms with van der Waals surface area (Å²) in [6, 6.07) is 0. The third-order valence-electron chi connectivity index (χ3n) is 1.75. The lowest BCUT2D eigenvalue weighted by Crippen LogP contribution is -2.03. The smallest absolute Gasteiger partial charge is 0.177 e. The first kappa shape index (κ1) is 9.58. The van der Waals surface area contributed by atoms with Crippen LogP contribution in [0, 0.1) is 0 Å². The number of allylic oxidation sites excluding steroid dienone is 2. The third-order valence-corrected chi connectivity index (χ3v) is 1.75. The number of aliphatic imine (C=N–C) groups is 3. The fourth-order valence-corrected chi connectivity index (χ4v) is 0.724. The molecular formula is C10H13N3. The number of rotatable bonds is 1. The normalized spacial score (nSPS) is 18.1. The van der Waals surface area contributed by atoms with Gasteiger partial charge in [-0.15, -0.1) is 0 Å². The molecule has 1 aliphatic rings. The van der Waals surface area contributed by atoms with E-state index in [2.05, 4.69) is 21.6 Å². The fourth-order valence-electron chi connectivity index (χ4n) is 0.724. The highest BCUT2D eigenvalue weighted by molar-refractivity contribution is 6.24. The number of amidine groups is 1. The highest BCUT2D eigenvalue weighted by Crippen LogP contribution is 2.09. The summed E-state index contributed by atoms with van der Waals surface area (Å²) in [7, 11) is 0. The maximum absolute atomic E-state index is 4.30. The maximum Gasteiger partial charge on any atom is 0.177 e. The van der Waals surface area contributed by atoms with Crippen molar-refractivity contribution in [3.8, 4) is 0 Å². The molecule has 0 spiro atoms. The van der Waals surface area contributed by atoms with Crippen LogP contribution in [0.1, 0.15) is 20.8 Å². The lowest BCUT2D eigenvalue weighted by atomic mass is 10.3. The third kappa shape index (κ3) is 2.47. The van der Waals surface area contributed by atoms with Gasteiger partial charge < -0.3 is 0 Å². The van der Waals surface area contributed by atoms with Gasteiger partial charge in [-0.2, -0.15) is 0 Å². The second kappa shape index (κ2) is 3.94. The van der Waals surface area contributed by atoms with E-state index in [9.17, 15) is 0 Å². The monoisotopic (exact) mass is 175 g/mol. The first-order chi connectivity index (χ1) is 6.11. The minimum Gasteiger partial charge on any atom is -0.252 e. The predicted octanol–water partition coefficient (Wildman–Crippen LogP) is 2.37. The van der Waals surface area contributed by atoms with Gasteiger partial charge in [0.05, 0.1) is 0 Å². The van der Waals surface area contributed by atoms with Gasteiger partial charge in [-0.3, -0.25) is 4.99 Å². The molecule has 0 unspecified atom stereocenters. The van der Waals surface area contributed by atoms with Crippen LogP contribution < -0.4 is 0 Å². The van der Waals surface area contributed by atoms with E-state index in [1.165, 1.54) is 5.57 Å². The van der Waals surface area contributed by atoms with Gasteiger partial charge in [-0.25, -0.2) is 9.98 Å². The zero-order valence-electron chi connectivity index (χ0n) is 8.20. The molecule has 0 aromatic carbocycles. The minimum atomic E-state index is 0.598. The SMILES string of the molecule is C=C1N=CC=NC1=NC(C)=C(C)C. The quantitative estimate of drug-likeness (QED) is 0.586. The molecule has 1 aliphatic heterocycles. The molecule has 0 saturated carbocycles. The lowest BCUT2D eigenvalue weighted by Gasteiger charge is -2.03. The number of hydrogen-bond donors (Lipinski definition) is 0. The zero-order chi connectivity index (χ0) is 9.84. The van der Waals surface area contributed by atoms with Crippen LogP contribution in [0.15, 0.2) is 38.5 Å². The Balaban J connectivity index is 2.96. The van der Waals surface area contributed by atoms with E-state index < -0.39 is 0 Å². The van der Waals surface area contributed by atoms with Crippen LogP contribution >= 0.6 is 0 Å². The zero-order valence-corrected chi connectivity index (χ0v) is 8.20. The van der Waals surface area contributed by atoms with Crippen LogP contribution in [0.4, 0.5) is 0 Å². The molecule has 0 amide bonds. The van der Waals surface area contributed by atoms with Crippen molar-refractivity contribution < 1.29 is 0 Å². The molecular weight excluding hydrogens is 162 g/mol. The standard InChI is InChI=1S/C10H13N3/c1-7(2)8(3)13-10-9(4)11-5-6-12-10/h5-6H,4H2,1-3H3. The Kier molecular flexibility index (Phi) is 2.90. The molecule has 0 N–H and O–H groups in total. The van der Waals surface area contributed by atoms with Crippen molar-refractivity contribution in [2.24, 2.45) is 15.0 Å². The van der Waals surface area contributed by atoms with Crippen LogP contribution in [0.5, 0.6) is 0 Å². The molecule has 13 heavy (non-hydrogen) atoms. The molecule has 0 bridgehead atoms. The molecule has 0 radical (unpaired) electrons. The highest BCUT2D eigenvalue weighted by Gasteiger charge is 2.03. The lowest BCUT2D eigenvalue weighted by molar-refractivity contribution is 1.17. The Morgan fingerprint density at radius 3 is 2.38 bits per heavy atom. The van der Waals surface area contributed by atoms with E-state index >= 15 is 0 Å². The van der Waals surface area contributed by atoms with Gasteiger partial charge in [0.25, 0.3) is 0 Å². The van der Waals surface area contributed by atoms with E-state index in [0.717, 1.165) is 5.70 Å². The van der Waals surface area contributed by atoms with Crippen LogP contribution in [0.2, 0.25) is 0 Å². The second-order valence-corrected chi connectivity index (χ2v) is 3.02. The summed E-state index contributed by atoms with van der Waals surface area (Å²) in [4.78, 5) is 12.4. The van der Waals surface area contributed by atoms with Gasteiger partial charge in [0.1, 0.15) is 5.70 Å². The number of hydrogen-bond acceptors (Lipinski definition) is 2. The molecule has 0 fully saturated rings. The molecule has 0 aromatic heterocycles. The number of nitrogens with zero attached hydrogens (tertiary/aromatic N) is 3. The summed E-state index contributed by atoms with van der Waals surface area (Å²) in [6.45, 7) is 9.71. The largest absolute Gasteiger partial charge is 0.252 e. The molecule has 0 atom stereocenters. The van der Waals surface area contributed by atoms with Gasteiger partial charge in [-0.05, 0) is 20.8 Å². The fraction of sp³-hybridized carbons (Fsp3) is 0.300. The van der Waals surface area contributed by atoms with E-state index in [0.29, 0.717) is 11.5 Å². The summed E-state index contributed by atoms with van der Waals surface area (Å²) >= 11 is 0. The van der Waals surface area contributed by atoms with Crippen molar-refractivity contribution in [1.82, 2.24) is 0 Å². The Hall–Kier alpha value is -1.51. The van der Waals surface area contributed by atoms with E-state index in [1.54, 1.807) is 12.4 Å². The van der Waals surface area contributed by atoms with Gasteiger partial charge in [-0.1, -0.05) is 12.2 Å². The van der Waals surface area contributed by atoms with Crippen LogP contribution in [-0.4, -0.2) is 18.3 Å². The molecule has 3 nitrogen and oxygen atoms in total. The molecule has 68 valence electrons.